The molecule has 0 heterocycles. The normalized spacial score (nSPS) is 11.7. The fraction of sp³-hybridized carbons (Fsp3) is 0.211. The smallest absolute Gasteiger partial charge is 0.246 e. The maximum Gasteiger partial charge on any atom is 0.246 e. The summed E-state index contributed by atoms with van der Waals surface area (Å²) in [6.45, 7) is 0.340. The Hall–Kier alpha value is -2.35. The van der Waals surface area contributed by atoms with Crippen molar-refractivity contribution in [2.75, 3.05) is 21.2 Å². The van der Waals surface area contributed by atoms with Crippen LogP contribution in [0.3, 0.4) is 0 Å². The number of benzene rings is 2. The van der Waals surface area contributed by atoms with Gasteiger partial charge in [-0.1, -0.05) is 29.8 Å². The third-order valence-corrected chi connectivity index (χ3v) is 5.80. The lowest BCUT2D eigenvalue weighted by Crippen LogP contribution is -2.22. The summed E-state index contributed by atoms with van der Waals surface area (Å²) >= 11 is 5.91. The fourth-order valence-electron chi connectivity index (χ4n) is 2.26. The van der Waals surface area contributed by atoms with Gasteiger partial charge in [0.25, 0.3) is 0 Å². The number of carbonyl (C=O) groups is 1. The number of hydrogen-bond acceptors (Lipinski definition) is 4. The molecule has 144 valence electrons. The predicted octanol–water partition coefficient (Wildman–Crippen LogP) is 2.93. The molecule has 6 nitrogen and oxygen atoms in total. The number of nitrogens with one attached hydrogen (secondary N) is 1. The summed E-state index contributed by atoms with van der Waals surface area (Å²) in [5.41, 5.74) is 1.45. The Morgan fingerprint density at radius 2 is 1.96 bits per heavy atom. The zero-order valence-electron chi connectivity index (χ0n) is 15.3. The Balaban J connectivity index is 2.13. The summed E-state index contributed by atoms with van der Waals surface area (Å²) in [6, 6.07) is 11.9. The largest absolute Gasteiger partial charge is 0.495 e. The quantitative estimate of drug-likeness (QED) is 0.715. The second-order valence-electron chi connectivity index (χ2n) is 5.88. The molecule has 1 amide bonds. The van der Waals surface area contributed by atoms with E-state index < -0.39 is 10.0 Å². The molecule has 0 spiro atoms. The van der Waals surface area contributed by atoms with Gasteiger partial charge in [0.15, 0.2) is 0 Å². The standard InChI is InChI=1S/C19H21ClN2O4S/c1-22(2)27(24,25)18-12-14(7-9-17(18)26-3)8-10-19(23)21-13-15-5-4-6-16(20)11-15/h4-12H,13H2,1-3H3,(H,21,23)/b10-8+. The zero-order chi connectivity index (χ0) is 20.0. The molecule has 27 heavy (non-hydrogen) atoms. The summed E-state index contributed by atoms with van der Waals surface area (Å²) in [7, 11) is 0.626. The Bertz CT molecular complexity index is 956. The van der Waals surface area contributed by atoms with Crippen LogP contribution in [0.5, 0.6) is 5.75 Å². The number of halogens is 1. The minimum Gasteiger partial charge on any atom is -0.495 e. The van der Waals surface area contributed by atoms with Crippen LogP contribution >= 0.6 is 11.6 Å². The second-order valence-corrected chi connectivity index (χ2v) is 8.44. The molecule has 8 heteroatoms. The van der Waals surface area contributed by atoms with Gasteiger partial charge in [0.1, 0.15) is 10.6 Å². The topological polar surface area (TPSA) is 75.7 Å². The minimum absolute atomic E-state index is 0.0384. The van der Waals surface area contributed by atoms with E-state index in [1.165, 1.54) is 33.3 Å². The van der Waals surface area contributed by atoms with Crippen LogP contribution in [0.4, 0.5) is 0 Å². The van der Waals surface area contributed by atoms with Gasteiger partial charge in [-0.15, -0.1) is 0 Å². The van der Waals surface area contributed by atoms with Crippen LogP contribution in [0.15, 0.2) is 53.4 Å². The van der Waals surface area contributed by atoms with Gasteiger partial charge in [-0.2, -0.15) is 0 Å². The van der Waals surface area contributed by atoms with Gasteiger partial charge >= 0.3 is 0 Å². The van der Waals surface area contributed by atoms with E-state index in [0.29, 0.717) is 17.1 Å². The van der Waals surface area contributed by atoms with Crippen LogP contribution in [-0.2, 0) is 21.4 Å². The van der Waals surface area contributed by atoms with Crippen LogP contribution in [-0.4, -0.2) is 39.8 Å². The van der Waals surface area contributed by atoms with Gasteiger partial charge in [-0.25, -0.2) is 12.7 Å². The SMILES string of the molecule is COc1ccc(/C=C/C(=O)NCc2cccc(Cl)c2)cc1S(=O)(=O)N(C)C. The van der Waals surface area contributed by atoms with Crippen molar-refractivity contribution < 1.29 is 17.9 Å². The lowest BCUT2D eigenvalue weighted by atomic mass is 10.2. The zero-order valence-corrected chi connectivity index (χ0v) is 16.8. The molecule has 0 unspecified atom stereocenters. The van der Waals surface area contributed by atoms with E-state index in [2.05, 4.69) is 5.32 Å². The third kappa shape index (κ3) is 5.56. The number of rotatable bonds is 7. The minimum atomic E-state index is -3.67. The van der Waals surface area contributed by atoms with E-state index in [1.807, 2.05) is 12.1 Å². The fourth-order valence-corrected chi connectivity index (χ4v) is 3.56. The summed E-state index contributed by atoms with van der Waals surface area (Å²) in [4.78, 5) is 12.0. The Labute approximate surface area is 164 Å². The van der Waals surface area contributed by atoms with Crippen molar-refractivity contribution in [3.63, 3.8) is 0 Å². The number of carbonyl (C=O) groups excluding carboxylic acids is 1. The predicted molar refractivity (Wildman–Crippen MR) is 106 cm³/mol. The van der Waals surface area contributed by atoms with Gasteiger partial charge in [0.2, 0.25) is 15.9 Å². The van der Waals surface area contributed by atoms with Crippen molar-refractivity contribution in [2.45, 2.75) is 11.4 Å². The van der Waals surface area contributed by atoms with Crippen LogP contribution in [0.25, 0.3) is 6.08 Å². The van der Waals surface area contributed by atoms with E-state index in [-0.39, 0.29) is 16.6 Å². The summed E-state index contributed by atoms with van der Waals surface area (Å²) in [5.74, 6) is -0.0610. The molecular formula is C19H21ClN2O4S. The van der Waals surface area contributed by atoms with Crippen molar-refractivity contribution in [1.29, 1.82) is 0 Å². The molecule has 1 N–H and O–H groups in total. The first-order valence-corrected chi connectivity index (χ1v) is 9.87. The Morgan fingerprint density at radius 3 is 2.59 bits per heavy atom. The number of hydrogen-bond donors (Lipinski definition) is 1. The average molecular weight is 409 g/mol. The highest BCUT2D eigenvalue weighted by atomic mass is 35.5. The molecule has 0 fully saturated rings. The van der Waals surface area contributed by atoms with E-state index in [9.17, 15) is 13.2 Å². The van der Waals surface area contributed by atoms with Gasteiger partial charge < -0.3 is 10.1 Å². The van der Waals surface area contributed by atoms with Crippen molar-refractivity contribution in [2.24, 2.45) is 0 Å². The number of nitrogens with zero attached hydrogens (tertiary/aromatic N) is 1. The van der Waals surface area contributed by atoms with Crippen molar-refractivity contribution in [3.8, 4) is 5.75 Å². The monoisotopic (exact) mass is 408 g/mol. The molecule has 0 bridgehead atoms. The second kappa shape index (κ2) is 9.03. The maximum absolute atomic E-state index is 12.4. The molecule has 0 radical (unpaired) electrons. The maximum atomic E-state index is 12.4. The molecule has 0 atom stereocenters. The van der Waals surface area contributed by atoms with Crippen molar-refractivity contribution in [3.05, 3.63) is 64.7 Å². The number of ether oxygens (including phenoxy) is 1. The highest BCUT2D eigenvalue weighted by Crippen LogP contribution is 2.27. The van der Waals surface area contributed by atoms with Gasteiger partial charge in [0.05, 0.1) is 7.11 Å². The van der Waals surface area contributed by atoms with Crippen molar-refractivity contribution >= 4 is 33.6 Å². The lowest BCUT2D eigenvalue weighted by Gasteiger charge is -2.15. The highest BCUT2D eigenvalue weighted by Gasteiger charge is 2.22. The molecule has 0 saturated carbocycles. The molecule has 2 aromatic rings. The van der Waals surface area contributed by atoms with E-state index in [4.69, 9.17) is 16.3 Å². The molecule has 0 aliphatic heterocycles. The van der Waals surface area contributed by atoms with Crippen LogP contribution in [0.1, 0.15) is 11.1 Å². The summed E-state index contributed by atoms with van der Waals surface area (Å²) in [6.07, 6.45) is 2.89. The average Bonchev–Trinajstić information content (AvgIpc) is 2.64. The molecule has 2 rings (SSSR count). The summed E-state index contributed by atoms with van der Waals surface area (Å²) < 4.78 is 31.1. The molecule has 0 aliphatic rings. The van der Waals surface area contributed by atoms with Crippen LogP contribution < -0.4 is 10.1 Å². The first kappa shape index (κ1) is 21.0. The highest BCUT2D eigenvalue weighted by molar-refractivity contribution is 7.89. The van der Waals surface area contributed by atoms with E-state index >= 15 is 0 Å². The first-order valence-electron chi connectivity index (χ1n) is 8.05. The molecular weight excluding hydrogens is 388 g/mol. The van der Waals surface area contributed by atoms with E-state index in [0.717, 1.165) is 9.87 Å². The molecule has 0 aromatic heterocycles. The number of methoxy groups -OCH3 is 1. The van der Waals surface area contributed by atoms with Crippen LogP contribution in [0.2, 0.25) is 5.02 Å². The lowest BCUT2D eigenvalue weighted by molar-refractivity contribution is -0.116. The molecule has 2 aromatic carbocycles. The van der Waals surface area contributed by atoms with Gasteiger partial charge in [-0.05, 0) is 41.5 Å². The first-order chi connectivity index (χ1) is 12.7. The molecule has 0 saturated heterocycles. The van der Waals surface area contributed by atoms with E-state index in [1.54, 1.807) is 30.3 Å². The summed E-state index contributed by atoms with van der Waals surface area (Å²) in [5, 5.41) is 3.35. The Kier molecular flexibility index (Phi) is 7.01. The van der Waals surface area contributed by atoms with Crippen LogP contribution in [0, 0.1) is 0 Å². The van der Waals surface area contributed by atoms with Gasteiger partial charge in [-0.3, -0.25) is 4.79 Å². The van der Waals surface area contributed by atoms with Crippen molar-refractivity contribution in [1.82, 2.24) is 9.62 Å². The third-order valence-electron chi connectivity index (χ3n) is 3.73. The number of amides is 1. The van der Waals surface area contributed by atoms with Gasteiger partial charge in [0, 0.05) is 31.7 Å². The number of sulfonamides is 1. The Morgan fingerprint density at radius 1 is 1.22 bits per heavy atom. The molecule has 0 aliphatic carbocycles.